The molecule has 1 aromatic heterocycles. The van der Waals surface area contributed by atoms with E-state index in [2.05, 4.69) is 14.9 Å². The normalized spacial score (nSPS) is 20.2. The van der Waals surface area contributed by atoms with Gasteiger partial charge in [0.2, 0.25) is 5.95 Å². The maximum absolute atomic E-state index is 5.96. The third-order valence-electron chi connectivity index (χ3n) is 2.88. The van der Waals surface area contributed by atoms with E-state index >= 15 is 0 Å². The Bertz CT molecular complexity index is 356. The van der Waals surface area contributed by atoms with Crippen LogP contribution in [0.1, 0.15) is 12.8 Å². The van der Waals surface area contributed by atoms with E-state index in [1.165, 1.54) is 6.42 Å². The fraction of sp³-hybridized carbons (Fsp3) is 0.636. The van der Waals surface area contributed by atoms with Crippen molar-refractivity contribution < 1.29 is 0 Å². The number of rotatable bonds is 3. The lowest BCUT2D eigenvalue weighted by atomic mass is 10.2. The van der Waals surface area contributed by atoms with Gasteiger partial charge in [0.05, 0.1) is 0 Å². The topological polar surface area (TPSA) is 32.3 Å². The Balaban J connectivity index is 2.22. The van der Waals surface area contributed by atoms with Gasteiger partial charge in [-0.3, -0.25) is 0 Å². The predicted molar refractivity (Wildman–Crippen MR) is 67.4 cm³/mol. The second-order valence-corrected chi connectivity index (χ2v) is 4.56. The highest BCUT2D eigenvalue weighted by molar-refractivity contribution is 6.18. The SMILES string of the molecule is CN(C)c1nccc(N2CCCC2CCl)n1. The van der Waals surface area contributed by atoms with Gasteiger partial charge in [-0.15, -0.1) is 11.6 Å². The summed E-state index contributed by atoms with van der Waals surface area (Å²) in [5, 5.41) is 0. The van der Waals surface area contributed by atoms with Crippen LogP contribution in [0.3, 0.4) is 0 Å². The van der Waals surface area contributed by atoms with E-state index < -0.39 is 0 Å². The first kappa shape index (κ1) is 11.5. The molecule has 0 N–H and O–H groups in total. The Morgan fingerprint density at radius 2 is 2.38 bits per heavy atom. The lowest BCUT2D eigenvalue weighted by molar-refractivity contribution is 0.731. The molecule has 1 aliphatic rings. The van der Waals surface area contributed by atoms with Crippen LogP contribution < -0.4 is 9.80 Å². The molecule has 16 heavy (non-hydrogen) atoms. The van der Waals surface area contributed by atoms with Gasteiger partial charge in [-0.2, -0.15) is 4.98 Å². The zero-order valence-electron chi connectivity index (χ0n) is 9.73. The van der Waals surface area contributed by atoms with Gasteiger partial charge in [0.15, 0.2) is 0 Å². The van der Waals surface area contributed by atoms with E-state index in [0.29, 0.717) is 11.9 Å². The first-order chi connectivity index (χ1) is 7.72. The molecule has 0 bridgehead atoms. The molecule has 1 unspecified atom stereocenters. The maximum atomic E-state index is 5.96. The number of hydrogen-bond acceptors (Lipinski definition) is 4. The first-order valence-corrected chi connectivity index (χ1v) is 6.09. The average Bonchev–Trinajstić information content (AvgIpc) is 2.77. The van der Waals surface area contributed by atoms with Crippen LogP contribution in [-0.4, -0.2) is 42.5 Å². The summed E-state index contributed by atoms with van der Waals surface area (Å²) < 4.78 is 0. The highest BCUT2D eigenvalue weighted by Crippen LogP contribution is 2.25. The predicted octanol–water partition coefficient (Wildman–Crippen LogP) is 1.75. The summed E-state index contributed by atoms with van der Waals surface area (Å²) in [6.45, 7) is 1.04. The fourth-order valence-corrected chi connectivity index (χ4v) is 2.33. The number of nitrogens with zero attached hydrogens (tertiary/aromatic N) is 4. The molecule has 0 spiro atoms. The van der Waals surface area contributed by atoms with Crippen molar-refractivity contribution in [3.63, 3.8) is 0 Å². The van der Waals surface area contributed by atoms with Gasteiger partial charge in [0.1, 0.15) is 5.82 Å². The van der Waals surface area contributed by atoms with E-state index in [4.69, 9.17) is 11.6 Å². The van der Waals surface area contributed by atoms with Crippen molar-refractivity contribution in [1.82, 2.24) is 9.97 Å². The molecule has 2 rings (SSSR count). The lowest BCUT2D eigenvalue weighted by Gasteiger charge is -2.24. The molecule has 5 heteroatoms. The lowest BCUT2D eigenvalue weighted by Crippen LogP contribution is -2.31. The third-order valence-corrected chi connectivity index (χ3v) is 3.23. The molecule has 1 atom stereocenters. The average molecular weight is 241 g/mol. The number of anilines is 2. The van der Waals surface area contributed by atoms with Gasteiger partial charge >= 0.3 is 0 Å². The minimum Gasteiger partial charge on any atom is -0.352 e. The Morgan fingerprint density at radius 3 is 3.06 bits per heavy atom. The van der Waals surface area contributed by atoms with E-state index in [0.717, 1.165) is 24.7 Å². The monoisotopic (exact) mass is 240 g/mol. The van der Waals surface area contributed by atoms with Crippen molar-refractivity contribution in [2.75, 3.05) is 36.3 Å². The van der Waals surface area contributed by atoms with Crippen LogP contribution in [0.15, 0.2) is 12.3 Å². The molecule has 0 aliphatic carbocycles. The van der Waals surface area contributed by atoms with Crippen molar-refractivity contribution in [2.24, 2.45) is 0 Å². The minimum absolute atomic E-state index is 0.423. The molecule has 1 saturated heterocycles. The smallest absolute Gasteiger partial charge is 0.226 e. The first-order valence-electron chi connectivity index (χ1n) is 5.55. The summed E-state index contributed by atoms with van der Waals surface area (Å²) in [5.41, 5.74) is 0. The Labute approximate surface area is 101 Å². The van der Waals surface area contributed by atoms with Gasteiger partial charge in [-0.1, -0.05) is 0 Å². The summed E-state index contributed by atoms with van der Waals surface area (Å²) in [4.78, 5) is 12.9. The Morgan fingerprint density at radius 1 is 1.56 bits per heavy atom. The summed E-state index contributed by atoms with van der Waals surface area (Å²) in [6.07, 6.45) is 4.16. The molecule has 88 valence electrons. The maximum Gasteiger partial charge on any atom is 0.226 e. The van der Waals surface area contributed by atoms with Crippen molar-refractivity contribution in [3.8, 4) is 0 Å². The largest absolute Gasteiger partial charge is 0.352 e. The molecule has 0 aromatic carbocycles. The molecule has 2 heterocycles. The molecule has 0 saturated carbocycles. The minimum atomic E-state index is 0.423. The highest BCUT2D eigenvalue weighted by atomic mass is 35.5. The van der Waals surface area contributed by atoms with E-state index in [1.54, 1.807) is 6.20 Å². The summed E-state index contributed by atoms with van der Waals surface area (Å²) in [5.74, 6) is 2.40. The Hall–Kier alpha value is -1.03. The molecule has 0 amide bonds. The zero-order valence-corrected chi connectivity index (χ0v) is 10.5. The Kier molecular flexibility index (Phi) is 3.49. The van der Waals surface area contributed by atoms with Gasteiger partial charge < -0.3 is 9.80 Å². The van der Waals surface area contributed by atoms with Crippen molar-refractivity contribution in [1.29, 1.82) is 0 Å². The summed E-state index contributed by atoms with van der Waals surface area (Å²) in [6, 6.07) is 2.38. The van der Waals surface area contributed by atoms with Crippen LogP contribution in [0.4, 0.5) is 11.8 Å². The molecule has 1 fully saturated rings. The van der Waals surface area contributed by atoms with Gasteiger partial charge in [-0.05, 0) is 18.9 Å². The molecule has 1 aromatic rings. The van der Waals surface area contributed by atoms with Gasteiger partial charge in [-0.25, -0.2) is 4.98 Å². The van der Waals surface area contributed by atoms with Crippen molar-refractivity contribution in [2.45, 2.75) is 18.9 Å². The number of hydrogen-bond donors (Lipinski definition) is 0. The van der Waals surface area contributed by atoms with Crippen LogP contribution in [0.25, 0.3) is 0 Å². The van der Waals surface area contributed by atoms with Crippen LogP contribution >= 0.6 is 11.6 Å². The second kappa shape index (κ2) is 4.87. The van der Waals surface area contributed by atoms with Gasteiger partial charge in [0, 0.05) is 38.8 Å². The third kappa shape index (κ3) is 2.21. The van der Waals surface area contributed by atoms with Gasteiger partial charge in [0.25, 0.3) is 0 Å². The highest BCUT2D eigenvalue weighted by Gasteiger charge is 2.25. The molecule has 0 radical (unpaired) electrons. The molecular formula is C11H17ClN4. The zero-order chi connectivity index (χ0) is 11.5. The van der Waals surface area contributed by atoms with Crippen LogP contribution in [0, 0.1) is 0 Å². The quantitative estimate of drug-likeness (QED) is 0.754. The van der Waals surface area contributed by atoms with Crippen LogP contribution in [0.5, 0.6) is 0 Å². The molecule has 4 nitrogen and oxygen atoms in total. The number of halogens is 1. The summed E-state index contributed by atoms with van der Waals surface area (Å²) in [7, 11) is 3.89. The number of alkyl halides is 1. The summed E-state index contributed by atoms with van der Waals surface area (Å²) >= 11 is 5.96. The standard InChI is InChI=1S/C11H17ClN4/c1-15(2)11-13-6-5-10(14-11)16-7-3-4-9(16)8-12/h5-6,9H,3-4,7-8H2,1-2H3. The molecular weight excluding hydrogens is 224 g/mol. The number of aromatic nitrogens is 2. The van der Waals surface area contributed by atoms with Crippen LogP contribution in [0.2, 0.25) is 0 Å². The van der Waals surface area contributed by atoms with Crippen LogP contribution in [-0.2, 0) is 0 Å². The molecule has 1 aliphatic heterocycles. The van der Waals surface area contributed by atoms with Crippen molar-refractivity contribution in [3.05, 3.63) is 12.3 Å². The van der Waals surface area contributed by atoms with Crippen molar-refractivity contribution >= 4 is 23.4 Å². The van der Waals surface area contributed by atoms with E-state index in [1.807, 2.05) is 25.1 Å². The fourth-order valence-electron chi connectivity index (χ4n) is 2.01. The van der Waals surface area contributed by atoms with E-state index in [9.17, 15) is 0 Å². The van der Waals surface area contributed by atoms with E-state index in [-0.39, 0.29) is 0 Å². The second-order valence-electron chi connectivity index (χ2n) is 4.25.